The topological polar surface area (TPSA) is 18.5 Å². The standard InChI is InChI=1S/C19H19Cl2F3O2/c1-11(12-4-6-16(25-2)14(20)8-12)18(19(23,24)10-22)13-5-7-17(26-3)15(21)9-13/h4-9,11,18H,10H2,1-3H3. The number of alkyl halides is 3. The predicted octanol–water partition coefficient (Wildman–Crippen LogP) is 6.50. The van der Waals surface area contributed by atoms with Crippen LogP contribution in [-0.4, -0.2) is 26.8 Å². The van der Waals surface area contributed by atoms with Gasteiger partial charge in [0.15, 0.2) is 6.67 Å². The molecule has 0 aliphatic carbocycles. The molecule has 0 saturated carbocycles. The summed E-state index contributed by atoms with van der Waals surface area (Å²) in [6.07, 6.45) is 0. The van der Waals surface area contributed by atoms with Crippen LogP contribution < -0.4 is 9.47 Å². The molecular weight excluding hydrogens is 388 g/mol. The molecule has 0 amide bonds. The Morgan fingerprint density at radius 2 is 1.38 bits per heavy atom. The molecule has 2 rings (SSSR count). The number of ether oxygens (including phenoxy) is 2. The summed E-state index contributed by atoms with van der Waals surface area (Å²) in [6, 6.07) is 9.14. The average Bonchev–Trinajstić information content (AvgIpc) is 2.61. The smallest absolute Gasteiger partial charge is 0.283 e. The molecule has 0 saturated heterocycles. The highest BCUT2D eigenvalue weighted by atomic mass is 35.5. The van der Waals surface area contributed by atoms with Gasteiger partial charge in [0.25, 0.3) is 5.92 Å². The first-order valence-corrected chi connectivity index (χ1v) is 8.61. The van der Waals surface area contributed by atoms with E-state index in [0.29, 0.717) is 22.1 Å². The van der Waals surface area contributed by atoms with E-state index in [0.717, 1.165) is 0 Å². The van der Waals surface area contributed by atoms with E-state index < -0.39 is 24.4 Å². The number of hydrogen-bond acceptors (Lipinski definition) is 2. The van der Waals surface area contributed by atoms with Gasteiger partial charge in [-0.15, -0.1) is 0 Å². The summed E-state index contributed by atoms with van der Waals surface area (Å²) in [5.41, 5.74) is 0.763. The fourth-order valence-corrected chi connectivity index (χ4v) is 3.55. The Morgan fingerprint density at radius 1 is 0.923 bits per heavy atom. The number of halogens is 5. The third kappa shape index (κ3) is 4.21. The summed E-state index contributed by atoms with van der Waals surface area (Å²) in [4.78, 5) is 0. The molecule has 0 aromatic heterocycles. The fourth-order valence-electron chi connectivity index (χ4n) is 3.02. The lowest BCUT2D eigenvalue weighted by Crippen LogP contribution is -2.32. The Balaban J connectivity index is 2.51. The minimum atomic E-state index is -3.58. The summed E-state index contributed by atoms with van der Waals surface area (Å²) < 4.78 is 52.3. The molecule has 2 aromatic carbocycles. The molecule has 142 valence electrons. The molecule has 2 nitrogen and oxygen atoms in total. The van der Waals surface area contributed by atoms with Crippen molar-refractivity contribution in [1.82, 2.24) is 0 Å². The lowest BCUT2D eigenvalue weighted by Gasteiger charge is -2.31. The lowest BCUT2D eigenvalue weighted by atomic mass is 9.79. The normalized spacial score (nSPS) is 14.0. The van der Waals surface area contributed by atoms with Crippen LogP contribution in [0.1, 0.15) is 29.9 Å². The quantitative estimate of drug-likeness (QED) is 0.522. The summed E-state index contributed by atoms with van der Waals surface area (Å²) in [5, 5.41) is 0.483. The van der Waals surface area contributed by atoms with Gasteiger partial charge in [-0.25, -0.2) is 13.2 Å². The first-order chi connectivity index (χ1) is 12.2. The van der Waals surface area contributed by atoms with Crippen LogP contribution in [-0.2, 0) is 0 Å². The molecule has 7 heteroatoms. The molecule has 0 radical (unpaired) electrons. The van der Waals surface area contributed by atoms with Gasteiger partial charge in [0.1, 0.15) is 11.5 Å². The van der Waals surface area contributed by atoms with Gasteiger partial charge in [0, 0.05) is 0 Å². The van der Waals surface area contributed by atoms with Gasteiger partial charge in [-0.3, -0.25) is 0 Å². The first kappa shape index (κ1) is 20.7. The number of hydrogen-bond donors (Lipinski definition) is 0. The Kier molecular flexibility index (Phi) is 6.69. The summed E-state index contributed by atoms with van der Waals surface area (Å²) in [7, 11) is 2.89. The van der Waals surface area contributed by atoms with Crippen molar-refractivity contribution in [3.05, 3.63) is 57.6 Å². The van der Waals surface area contributed by atoms with E-state index in [4.69, 9.17) is 32.7 Å². The van der Waals surface area contributed by atoms with Crippen molar-refractivity contribution in [1.29, 1.82) is 0 Å². The molecule has 0 spiro atoms. The van der Waals surface area contributed by atoms with E-state index in [1.54, 1.807) is 25.1 Å². The van der Waals surface area contributed by atoms with Gasteiger partial charge >= 0.3 is 0 Å². The lowest BCUT2D eigenvalue weighted by molar-refractivity contribution is -0.0544. The molecule has 0 aliphatic heterocycles. The van der Waals surface area contributed by atoms with Crippen molar-refractivity contribution in [2.75, 3.05) is 20.9 Å². The molecular formula is C19H19Cl2F3O2. The minimum absolute atomic E-state index is 0.185. The van der Waals surface area contributed by atoms with E-state index in [-0.39, 0.29) is 10.6 Å². The average molecular weight is 407 g/mol. The molecule has 0 fully saturated rings. The second-order valence-electron chi connectivity index (χ2n) is 5.95. The van der Waals surface area contributed by atoms with E-state index in [9.17, 15) is 13.2 Å². The summed E-state index contributed by atoms with van der Waals surface area (Å²) in [5.74, 6) is -4.94. The van der Waals surface area contributed by atoms with Crippen molar-refractivity contribution >= 4 is 23.2 Å². The maximum Gasteiger partial charge on any atom is 0.283 e. The monoisotopic (exact) mass is 406 g/mol. The van der Waals surface area contributed by atoms with E-state index in [2.05, 4.69) is 0 Å². The second-order valence-corrected chi connectivity index (χ2v) is 6.76. The summed E-state index contributed by atoms with van der Waals surface area (Å²) in [6.45, 7) is -0.181. The van der Waals surface area contributed by atoms with Crippen molar-refractivity contribution < 1.29 is 22.6 Å². The number of benzene rings is 2. The van der Waals surface area contributed by atoms with Crippen molar-refractivity contribution in [3.63, 3.8) is 0 Å². The Labute approximate surface area is 160 Å². The van der Waals surface area contributed by atoms with Crippen molar-refractivity contribution in [3.8, 4) is 11.5 Å². The Morgan fingerprint density at radius 3 is 1.81 bits per heavy atom. The van der Waals surface area contributed by atoms with Gasteiger partial charge in [0.2, 0.25) is 0 Å². The van der Waals surface area contributed by atoms with Gasteiger partial charge < -0.3 is 9.47 Å². The highest BCUT2D eigenvalue weighted by molar-refractivity contribution is 6.32. The molecule has 26 heavy (non-hydrogen) atoms. The molecule has 2 aromatic rings. The van der Waals surface area contributed by atoms with Crippen LogP contribution >= 0.6 is 23.2 Å². The molecule has 0 heterocycles. The number of rotatable bonds is 7. The third-order valence-electron chi connectivity index (χ3n) is 4.37. The first-order valence-electron chi connectivity index (χ1n) is 7.85. The zero-order valence-electron chi connectivity index (χ0n) is 14.5. The highest BCUT2D eigenvalue weighted by Crippen LogP contribution is 2.46. The zero-order chi connectivity index (χ0) is 19.5. The van der Waals surface area contributed by atoms with E-state index in [1.165, 1.54) is 32.4 Å². The van der Waals surface area contributed by atoms with Gasteiger partial charge in [-0.2, -0.15) is 0 Å². The zero-order valence-corrected chi connectivity index (χ0v) is 16.0. The van der Waals surface area contributed by atoms with E-state index >= 15 is 0 Å². The van der Waals surface area contributed by atoms with Crippen molar-refractivity contribution in [2.45, 2.75) is 24.7 Å². The van der Waals surface area contributed by atoms with Gasteiger partial charge in [0.05, 0.1) is 30.2 Å². The maximum absolute atomic E-state index is 14.5. The van der Waals surface area contributed by atoms with Crippen LogP contribution in [0.15, 0.2) is 36.4 Å². The SMILES string of the molecule is COc1ccc(C(C)C(c2ccc(OC)c(Cl)c2)C(F)(F)CF)cc1Cl. The van der Waals surface area contributed by atoms with Gasteiger partial charge in [-0.1, -0.05) is 42.3 Å². The maximum atomic E-state index is 14.5. The molecule has 0 bridgehead atoms. The third-order valence-corrected chi connectivity index (χ3v) is 4.96. The van der Waals surface area contributed by atoms with Crippen LogP contribution in [0.25, 0.3) is 0 Å². The van der Waals surface area contributed by atoms with Crippen LogP contribution in [0, 0.1) is 0 Å². The minimum Gasteiger partial charge on any atom is -0.495 e. The largest absolute Gasteiger partial charge is 0.495 e. The fraction of sp³-hybridized carbons (Fsp3) is 0.368. The van der Waals surface area contributed by atoms with E-state index in [1.807, 2.05) is 0 Å². The molecule has 2 unspecified atom stereocenters. The Hall–Kier alpha value is -1.59. The number of methoxy groups -OCH3 is 2. The van der Waals surface area contributed by atoms with Crippen LogP contribution in [0.2, 0.25) is 10.0 Å². The summed E-state index contributed by atoms with van der Waals surface area (Å²) >= 11 is 12.2. The highest BCUT2D eigenvalue weighted by Gasteiger charge is 2.44. The van der Waals surface area contributed by atoms with Gasteiger partial charge in [-0.05, 0) is 41.3 Å². The van der Waals surface area contributed by atoms with Crippen LogP contribution in [0.3, 0.4) is 0 Å². The second kappa shape index (κ2) is 8.40. The van der Waals surface area contributed by atoms with Crippen LogP contribution in [0.5, 0.6) is 11.5 Å². The molecule has 2 atom stereocenters. The predicted molar refractivity (Wildman–Crippen MR) is 98.1 cm³/mol. The molecule has 0 N–H and O–H groups in total. The molecule has 0 aliphatic rings. The van der Waals surface area contributed by atoms with Crippen LogP contribution in [0.4, 0.5) is 13.2 Å². The van der Waals surface area contributed by atoms with Crippen molar-refractivity contribution in [2.24, 2.45) is 0 Å². The Bertz CT molecular complexity index is 768.